The summed E-state index contributed by atoms with van der Waals surface area (Å²) in [7, 11) is 6.17. The van der Waals surface area contributed by atoms with Crippen molar-refractivity contribution in [2.45, 2.75) is 6.42 Å². The van der Waals surface area contributed by atoms with E-state index in [0.29, 0.717) is 0 Å². The first-order valence-electron chi connectivity index (χ1n) is 7.23. The van der Waals surface area contributed by atoms with Gasteiger partial charge in [-0.15, -0.1) is 0 Å². The molecule has 0 fully saturated rings. The molecule has 0 aliphatic heterocycles. The Kier molecular flexibility index (Phi) is 5.53. The number of nitrogens with one attached hydrogen (secondary N) is 1. The van der Waals surface area contributed by atoms with Gasteiger partial charge in [0.25, 0.3) is 0 Å². The molecular formula is C17H23N3S. The van der Waals surface area contributed by atoms with Crippen LogP contribution in [-0.2, 0) is 0 Å². The topological polar surface area (TPSA) is 18.5 Å². The predicted molar refractivity (Wildman–Crippen MR) is 96.1 cm³/mol. The van der Waals surface area contributed by atoms with Gasteiger partial charge < -0.3 is 15.1 Å². The summed E-state index contributed by atoms with van der Waals surface area (Å²) in [6.07, 6.45) is 1.08. The maximum absolute atomic E-state index is 5.46. The average Bonchev–Trinajstić information content (AvgIpc) is 2.50. The Bertz CT molecular complexity index is 610. The van der Waals surface area contributed by atoms with E-state index in [4.69, 9.17) is 12.2 Å². The third-order valence-electron chi connectivity index (χ3n) is 3.48. The molecule has 0 bridgehead atoms. The Morgan fingerprint density at radius 1 is 1.05 bits per heavy atom. The van der Waals surface area contributed by atoms with E-state index in [1.54, 1.807) is 0 Å². The lowest BCUT2D eigenvalue weighted by Crippen LogP contribution is -2.38. The van der Waals surface area contributed by atoms with Crippen LogP contribution in [0.5, 0.6) is 0 Å². The zero-order chi connectivity index (χ0) is 15.2. The van der Waals surface area contributed by atoms with E-state index >= 15 is 0 Å². The fourth-order valence-electron chi connectivity index (χ4n) is 2.21. The largest absolute Gasteiger partial charge is 0.362 e. The lowest BCUT2D eigenvalue weighted by Gasteiger charge is -2.22. The van der Waals surface area contributed by atoms with Crippen molar-refractivity contribution in [1.82, 2.24) is 10.2 Å². The van der Waals surface area contributed by atoms with E-state index in [9.17, 15) is 0 Å². The third-order valence-corrected chi connectivity index (χ3v) is 3.90. The van der Waals surface area contributed by atoms with Gasteiger partial charge in [0.2, 0.25) is 0 Å². The maximum atomic E-state index is 5.46. The fraction of sp³-hybridized carbons (Fsp3) is 0.353. The van der Waals surface area contributed by atoms with Crippen LogP contribution in [0.2, 0.25) is 0 Å². The van der Waals surface area contributed by atoms with Crippen LogP contribution in [0.1, 0.15) is 6.42 Å². The van der Waals surface area contributed by atoms with Crippen molar-refractivity contribution in [2.24, 2.45) is 0 Å². The molecule has 2 rings (SSSR count). The Balaban J connectivity index is 1.97. The van der Waals surface area contributed by atoms with E-state index in [2.05, 4.69) is 66.8 Å². The van der Waals surface area contributed by atoms with Crippen molar-refractivity contribution >= 4 is 33.8 Å². The summed E-state index contributed by atoms with van der Waals surface area (Å²) < 4.78 is 0. The molecule has 0 aliphatic rings. The number of thiocarbonyl (C=S) groups is 1. The Morgan fingerprint density at radius 3 is 2.48 bits per heavy atom. The molecule has 0 heterocycles. The molecule has 21 heavy (non-hydrogen) atoms. The summed E-state index contributed by atoms with van der Waals surface area (Å²) in [5.74, 6) is 0. The van der Waals surface area contributed by atoms with Gasteiger partial charge in [-0.05, 0) is 62.2 Å². The summed E-state index contributed by atoms with van der Waals surface area (Å²) >= 11 is 5.46. The molecule has 0 aliphatic carbocycles. The number of nitrogens with zero attached hydrogens (tertiary/aromatic N) is 2. The van der Waals surface area contributed by atoms with Crippen molar-refractivity contribution in [2.75, 3.05) is 39.1 Å². The normalized spacial score (nSPS) is 10.9. The smallest absolute Gasteiger partial charge is 0.173 e. The van der Waals surface area contributed by atoms with Gasteiger partial charge in [0.15, 0.2) is 5.11 Å². The van der Waals surface area contributed by atoms with Crippen molar-refractivity contribution < 1.29 is 0 Å². The monoisotopic (exact) mass is 301 g/mol. The molecule has 0 saturated carbocycles. The highest BCUT2D eigenvalue weighted by Gasteiger charge is 2.07. The molecule has 0 radical (unpaired) electrons. The first-order valence-corrected chi connectivity index (χ1v) is 7.64. The lowest BCUT2D eigenvalue weighted by atomic mass is 10.1. The molecule has 3 nitrogen and oxygen atoms in total. The number of hydrogen-bond donors (Lipinski definition) is 1. The van der Waals surface area contributed by atoms with Crippen LogP contribution < -0.4 is 10.2 Å². The molecule has 0 saturated heterocycles. The van der Waals surface area contributed by atoms with Crippen molar-refractivity contribution in [3.63, 3.8) is 0 Å². The number of anilines is 1. The van der Waals surface area contributed by atoms with Gasteiger partial charge in [-0.2, -0.15) is 0 Å². The van der Waals surface area contributed by atoms with Crippen molar-refractivity contribution in [3.8, 4) is 0 Å². The maximum Gasteiger partial charge on any atom is 0.173 e. The van der Waals surface area contributed by atoms with Gasteiger partial charge >= 0.3 is 0 Å². The summed E-state index contributed by atoms with van der Waals surface area (Å²) in [5.41, 5.74) is 1.11. The first-order chi connectivity index (χ1) is 10.1. The second-order valence-electron chi connectivity index (χ2n) is 5.48. The minimum Gasteiger partial charge on any atom is -0.362 e. The van der Waals surface area contributed by atoms with E-state index < -0.39 is 0 Å². The molecule has 1 N–H and O–H groups in total. The fourth-order valence-corrected chi connectivity index (χ4v) is 2.42. The number of fused-ring (bicyclic) bond motifs is 1. The van der Waals surface area contributed by atoms with E-state index in [0.717, 1.165) is 30.3 Å². The molecule has 0 aromatic heterocycles. The minimum atomic E-state index is 0.768. The van der Waals surface area contributed by atoms with Crippen LogP contribution in [0.15, 0.2) is 42.5 Å². The molecule has 0 amide bonds. The van der Waals surface area contributed by atoms with Gasteiger partial charge in [-0.1, -0.05) is 30.3 Å². The SMILES string of the molecule is CN(C)CCCNC(=S)N(C)c1ccc2ccccc2c1. The summed E-state index contributed by atoms with van der Waals surface area (Å²) in [5, 5.41) is 6.57. The van der Waals surface area contributed by atoms with E-state index in [1.165, 1.54) is 10.8 Å². The molecule has 0 unspecified atom stereocenters. The van der Waals surface area contributed by atoms with Crippen LogP contribution in [0.4, 0.5) is 5.69 Å². The third kappa shape index (κ3) is 4.41. The molecule has 2 aromatic rings. The second-order valence-corrected chi connectivity index (χ2v) is 5.87. The quantitative estimate of drug-likeness (QED) is 0.675. The minimum absolute atomic E-state index is 0.768. The highest BCUT2D eigenvalue weighted by Crippen LogP contribution is 2.21. The average molecular weight is 301 g/mol. The van der Waals surface area contributed by atoms with Crippen molar-refractivity contribution in [1.29, 1.82) is 0 Å². The highest BCUT2D eigenvalue weighted by molar-refractivity contribution is 7.80. The summed E-state index contributed by atoms with van der Waals surface area (Å²) in [6, 6.07) is 14.8. The van der Waals surface area contributed by atoms with Crippen LogP contribution >= 0.6 is 12.2 Å². The standard InChI is InChI=1S/C17H23N3S/c1-19(2)12-6-11-18-17(21)20(3)16-10-9-14-7-4-5-8-15(14)13-16/h4-5,7-10,13H,6,11-12H2,1-3H3,(H,18,21). The van der Waals surface area contributed by atoms with E-state index in [-0.39, 0.29) is 0 Å². The molecular weight excluding hydrogens is 278 g/mol. The van der Waals surface area contributed by atoms with Gasteiger partial charge in [0.05, 0.1) is 0 Å². The Labute approximate surface area is 132 Å². The summed E-state index contributed by atoms with van der Waals surface area (Å²) in [4.78, 5) is 4.20. The van der Waals surface area contributed by atoms with Crippen LogP contribution in [0.25, 0.3) is 10.8 Å². The summed E-state index contributed by atoms with van der Waals surface area (Å²) in [6.45, 7) is 1.96. The van der Waals surface area contributed by atoms with Gasteiger partial charge in [-0.3, -0.25) is 0 Å². The van der Waals surface area contributed by atoms with E-state index in [1.807, 2.05) is 11.9 Å². The zero-order valence-corrected chi connectivity index (χ0v) is 13.8. The van der Waals surface area contributed by atoms with Crippen LogP contribution in [0.3, 0.4) is 0 Å². The number of hydrogen-bond acceptors (Lipinski definition) is 2. The molecule has 0 atom stereocenters. The second kappa shape index (κ2) is 7.38. The molecule has 4 heteroatoms. The molecule has 2 aromatic carbocycles. The molecule has 0 spiro atoms. The number of benzene rings is 2. The Hall–Kier alpha value is -1.65. The van der Waals surface area contributed by atoms with Crippen molar-refractivity contribution in [3.05, 3.63) is 42.5 Å². The Morgan fingerprint density at radius 2 is 1.76 bits per heavy atom. The van der Waals surface area contributed by atoms with Gasteiger partial charge in [0, 0.05) is 19.3 Å². The van der Waals surface area contributed by atoms with Crippen LogP contribution in [0, 0.1) is 0 Å². The number of rotatable bonds is 5. The van der Waals surface area contributed by atoms with Gasteiger partial charge in [-0.25, -0.2) is 0 Å². The van der Waals surface area contributed by atoms with Gasteiger partial charge in [0.1, 0.15) is 0 Å². The van der Waals surface area contributed by atoms with Crippen LogP contribution in [-0.4, -0.2) is 44.2 Å². The lowest BCUT2D eigenvalue weighted by molar-refractivity contribution is 0.400. The molecule has 112 valence electrons. The first kappa shape index (κ1) is 15.7. The predicted octanol–water partition coefficient (Wildman–Crippen LogP) is 3.10. The highest BCUT2D eigenvalue weighted by atomic mass is 32.1. The zero-order valence-electron chi connectivity index (χ0n) is 13.0.